The number of hydrogen-bond donors (Lipinski definition) is 2. The Balaban J connectivity index is 1.81. The first-order valence-electron chi connectivity index (χ1n) is 13.5. The Morgan fingerprint density at radius 1 is 1.17 bits per heavy atom. The maximum Gasteiger partial charge on any atom is 0.295 e. The minimum absolute atomic E-state index is 0.0247. The fraction of sp³-hybridized carbons (Fsp3) is 0.433. The topological polar surface area (TPSA) is 97.6 Å². The molecule has 3 rings (SSSR count). The van der Waals surface area contributed by atoms with Gasteiger partial charge in [0.05, 0.1) is 28.6 Å². The molecule has 0 saturated heterocycles. The average Bonchev–Trinajstić information content (AvgIpc) is 3.13. The van der Waals surface area contributed by atoms with Crippen molar-refractivity contribution in [3.63, 3.8) is 0 Å². The normalized spacial score (nSPS) is 12.3. The van der Waals surface area contributed by atoms with Gasteiger partial charge < -0.3 is 20.3 Å². The van der Waals surface area contributed by atoms with Gasteiger partial charge in [-0.2, -0.15) is 0 Å². The summed E-state index contributed by atoms with van der Waals surface area (Å²) in [6.07, 6.45) is 0.0247. The Morgan fingerprint density at radius 3 is 2.44 bits per heavy atom. The van der Waals surface area contributed by atoms with Crippen molar-refractivity contribution >= 4 is 29.1 Å². The third kappa shape index (κ3) is 7.77. The summed E-state index contributed by atoms with van der Waals surface area (Å²) in [4.78, 5) is 41.9. The van der Waals surface area contributed by atoms with Crippen LogP contribution in [0.2, 0.25) is 5.02 Å². The molecular weight excluding hydrogens is 549 g/mol. The van der Waals surface area contributed by atoms with E-state index in [0.29, 0.717) is 17.9 Å². The van der Waals surface area contributed by atoms with Crippen LogP contribution in [0.15, 0.2) is 47.3 Å². The number of nitrogens with zero attached hydrogens (tertiary/aromatic N) is 3. The Kier molecular flexibility index (Phi) is 10.4. The van der Waals surface area contributed by atoms with Crippen molar-refractivity contribution in [2.24, 2.45) is 12.5 Å². The monoisotopic (exact) mass is 587 g/mol. The summed E-state index contributed by atoms with van der Waals surface area (Å²) in [5.74, 6) is -1.52. The van der Waals surface area contributed by atoms with Gasteiger partial charge in [0.1, 0.15) is 17.3 Å². The highest BCUT2D eigenvalue weighted by Gasteiger charge is 2.29. The molecule has 0 fully saturated rings. The zero-order valence-electron chi connectivity index (χ0n) is 24.7. The molecule has 0 radical (unpaired) electrons. The number of amides is 2. The van der Waals surface area contributed by atoms with Crippen LogP contribution in [0.25, 0.3) is 5.69 Å². The molecule has 0 aliphatic heterocycles. The molecule has 41 heavy (non-hydrogen) atoms. The predicted molar refractivity (Wildman–Crippen MR) is 160 cm³/mol. The Morgan fingerprint density at radius 2 is 1.83 bits per heavy atom. The number of halogens is 2. The Hall–Kier alpha value is -3.63. The molecule has 3 aromatic rings. The molecule has 1 heterocycles. The van der Waals surface area contributed by atoms with E-state index in [4.69, 9.17) is 16.3 Å². The Labute approximate surface area is 245 Å². The molecule has 2 amide bonds. The van der Waals surface area contributed by atoms with Crippen molar-refractivity contribution in [2.75, 3.05) is 39.1 Å². The third-order valence-electron chi connectivity index (χ3n) is 6.62. The van der Waals surface area contributed by atoms with Gasteiger partial charge in [0, 0.05) is 38.5 Å². The van der Waals surface area contributed by atoms with E-state index < -0.39 is 17.1 Å². The quantitative estimate of drug-likeness (QED) is 0.317. The first-order chi connectivity index (χ1) is 19.3. The van der Waals surface area contributed by atoms with Crippen LogP contribution in [0.1, 0.15) is 56.1 Å². The predicted octanol–water partition coefficient (Wildman–Crippen LogP) is 4.82. The van der Waals surface area contributed by atoms with Crippen molar-refractivity contribution < 1.29 is 18.7 Å². The second-order valence-electron chi connectivity index (χ2n) is 11.2. The number of carbonyl (C=O) groups excluding carboxylic acids is 2. The minimum Gasteiger partial charge on any atom is -0.493 e. The van der Waals surface area contributed by atoms with Crippen LogP contribution >= 0.6 is 11.6 Å². The first kappa shape index (κ1) is 31.9. The number of aromatic nitrogens is 2. The summed E-state index contributed by atoms with van der Waals surface area (Å²) in [5, 5.41) is 5.48. The van der Waals surface area contributed by atoms with E-state index in [1.54, 1.807) is 16.3 Å². The van der Waals surface area contributed by atoms with Gasteiger partial charge in [0.25, 0.3) is 11.5 Å². The number of ether oxygens (including phenoxy) is 1. The second-order valence-corrected chi connectivity index (χ2v) is 11.6. The van der Waals surface area contributed by atoms with Crippen molar-refractivity contribution in [1.82, 2.24) is 19.6 Å². The number of carbonyl (C=O) groups is 2. The van der Waals surface area contributed by atoms with E-state index in [0.717, 1.165) is 6.07 Å². The molecule has 1 aromatic heterocycles. The van der Waals surface area contributed by atoms with Crippen molar-refractivity contribution in [3.8, 4) is 11.4 Å². The molecular formula is C30H39ClFN5O4. The van der Waals surface area contributed by atoms with E-state index in [1.165, 1.54) is 6.07 Å². The molecule has 0 aliphatic rings. The summed E-state index contributed by atoms with van der Waals surface area (Å²) >= 11 is 5.90. The maximum atomic E-state index is 13.9. The van der Waals surface area contributed by atoms with Gasteiger partial charge >= 0.3 is 0 Å². The summed E-state index contributed by atoms with van der Waals surface area (Å²) in [7, 11) is 5.72. The highest BCUT2D eigenvalue weighted by Crippen LogP contribution is 2.28. The zero-order valence-corrected chi connectivity index (χ0v) is 25.4. The maximum absolute atomic E-state index is 13.9. The highest BCUT2D eigenvalue weighted by atomic mass is 35.5. The van der Waals surface area contributed by atoms with Gasteiger partial charge in [-0.3, -0.25) is 19.1 Å². The number of anilines is 1. The molecule has 11 heteroatoms. The molecule has 9 nitrogen and oxygen atoms in total. The lowest BCUT2D eigenvalue weighted by Gasteiger charge is -2.25. The molecule has 222 valence electrons. The summed E-state index contributed by atoms with van der Waals surface area (Å²) in [6, 6.07) is 11.6. The van der Waals surface area contributed by atoms with E-state index in [-0.39, 0.29) is 59.0 Å². The zero-order chi connectivity index (χ0) is 30.5. The minimum atomic E-state index is -0.685. The van der Waals surface area contributed by atoms with Gasteiger partial charge in [-0.25, -0.2) is 9.07 Å². The van der Waals surface area contributed by atoms with Crippen LogP contribution in [-0.4, -0.2) is 59.9 Å². The van der Waals surface area contributed by atoms with Crippen LogP contribution in [0, 0.1) is 11.2 Å². The van der Waals surface area contributed by atoms with Crippen molar-refractivity contribution in [3.05, 3.63) is 74.9 Å². The number of benzene rings is 2. The molecule has 1 atom stereocenters. The van der Waals surface area contributed by atoms with E-state index in [1.807, 2.05) is 77.1 Å². The largest absolute Gasteiger partial charge is 0.493 e. The molecule has 1 unspecified atom stereocenters. The third-order valence-corrected chi connectivity index (χ3v) is 6.91. The SMILES string of the molecule is CCOc1cc(F)c(Cl)cc1C(=O)NCC(C)(C)CC(=O)Nc1c(C(C)CN(C)C)n(C)n(-c2ccccc2)c1=O. The Bertz CT molecular complexity index is 1450. The number of likely N-dealkylation sites (N-methyl/N-ethyl adjacent to an activating group) is 1. The van der Waals surface area contributed by atoms with Crippen molar-refractivity contribution in [2.45, 2.75) is 40.0 Å². The van der Waals surface area contributed by atoms with Crippen molar-refractivity contribution in [1.29, 1.82) is 0 Å². The lowest BCUT2D eigenvalue weighted by molar-refractivity contribution is -0.118. The molecule has 2 aromatic carbocycles. The lowest BCUT2D eigenvalue weighted by atomic mass is 9.88. The van der Waals surface area contributed by atoms with Crippen LogP contribution in [0.3, 0.4) is 0 Å². The number of rotatable bonds is 12. The van der Waals surface area contributed by atoms with Gasteiger partial charge in [-0.1, -0.05) is 50.6 Å². The number of nitrogens with one attached hydrogen (secondary N) is 2. The van der Waals surface area contributed by atoms with Crippen LogP contribution < -0.4 is 20.9 Å². The first-order valence-corrected chi connectivity index (χ1v) is 13.9. The standard InChI is InChI=1S/C30H39ClFN5O4/c1-8-41-24-15-23(32)22(31)14-21(24)28(39)33-18-30(3,4)16-25(38)34-26-27(19(2)17-35(5)6)36(7)37(29(26)40)20-12-10-9-11-13-20/h9-15,19H,8,16-18H2,1-7H3,(H,33,39)(H,34,38). The molecule has 0 aliphatic carbocycles. The summed E-state index contributed by atoms with van der Waals surface area (Å²) in [6.45, 7) is 8.44. The molecule has 2 N–H and O–H groups in total. The smallest absolute Gasteiger partial charge is 0.295 e. The highest BCUT2D eigenvalue weighted by molar-refractivity contribution is 6.31. The van der Waals surface area contributed by atoms with Crippen LogP contribution in [0.4, 0.5) is 10.1 Å². The fourth-order valence-electron chi connectivity index (χ4n) is 4.87. The van der Waals surface area contributed by atoms with Gasteiger partial charge in [0.15, 0.2) is 0 Å². The molecule has 0 spiro atoms. The fourth-order valence-corrected chi connectivity index (χ4v) is 5.04. The number of hydrogen-bond acceptors (Lipinski definition) is 5. The average molecular weight is 588 g/mol. The molecule has 0 bridgehead atoms. The van der Waals surface area contributed by atoms with E-state index in [2.05, 4.69) is 10.6 Å². The van der Waals surface area contributed by atoms with Gasteiger partial charge in [-0.05, 0) is 44.6 Å². The van der Waals surface area contributed by atoms with Crippen LogP contribution in [-0.2, 0) is 11.8 Å². The molecule has 0 saturated carbocycles. The lowest BCUT2D eigenvalue weighted by Crippen LogP contribution is -2.37. The van der Waals surface area contributed by atoms with E-state index in [9.17, 15) is 18.8 Å². The summed E-state index contributed by atoms with van der Waals surface area (Å²) in [5.41, 5.74) is 0.729. The second kappa shape index (κ2) is 13.4. The summed E-state index contributed by atoms with van der Waals surface area (Å²) < 4.78 is 22.7. The van der Waals surface area contributed by atoms with Crippen LogP contribution in [0.5, 0.6) is 5.75 Å². The van der Waals surface area contributed by atoms with Gasteiger partial charge in [0.2, 0.25) is 5.91 Å². The number of para-hydroxylation sites is 1. The van der Waals surface area contributed by atoms with E-state index >= 15 is 0 Å². The van der Waals surface area contributed by atoms with Gasteiger partial charge in [-0.15, -0.1) is 0 Å².